The van der Waals surface area contributed by atoms with Gasteiger partial charge in [0, 0.05) is 13.1 Å². The van der Waals surface area contributed by atoms with Crippen molar-refractivity contribution in [1.29, 1.82) is 0 Å². The van der Waals surface area contributed by atoms with Crippen LogP contribution in [-0.2, 0) is 22.6 Å². The van der Waals surface area contributed by atoms with Gasteiger partial charge in [0.1, 0.15) is 19.8 Å². The van der Waals surface area contributed by atoms with Gasteiger partial charge in [0.2, 0.25) is 5.91 Å². The highest BCUT2D eigenvalue weighted by Crippen LogP contribution is 2.38. The number of hydrogen-bond donors (Lipinski definition) is 0. The smallest absolute Gasteiger partial charge is 0.338 e. The molecule has 1 saturated heterocycles. The van der Waals surface area contributed by atoms with E-state index in [0.29, 0.717) is 54.4 Å². The molecule has 35 heavy (non-hydrogen) atoms. The lowest BCUT2D eigenvalue weighted by atomic mass is 10.0. The Kier molecular flexibility index (Phi) is 6.23. The summed E-state index contributed by atoms with van der Waals surface area (Å²) in [5, 5.41) is 0. The van der Waals surface area contributed by atoms with Gasteiger partial charge in [-0.15, -0.1) is 0 Å². The third-order valence-corrected chi connectivity index (χ3v) is 6.66. The van der Waals surface area contributed by atoms with Crippen LogP contribution in [0.5, 0.6) is 11.5 Å². The highest BCUT2D eigenvalue weighted by atomic mass is 16.6. The highest BCUT2D eigenvalue weighted by Gasteiger charge is 2.31. The van der Waals surface area contributed by atoms with Crippen LogP contribution in [0.3, 0.4) is 0 Å². The molecule has 5 rings (SSSR count). The van der Waals surface area contributed by atoms with Crippen molar-refractivity contribution in [2.75, 3.05) is 26.4 Å². The summed E-state index contributed by atoms with van der Waals surface area (Å²) in [6, 6.07) is 10.7. The Labute approximate surface area is 202 Å². The number of hydrogen-bond acceptors (Lipinski definition) is 6. The largest absolute Gasteiger partial charge is 0.486 e. The second-order valence-electron chi connectivity index (χ2n) is 8.69. The normalized spacial score (nSPS) is 17.1. The van der Waals surface area contributed by atoms with Crippen LogP contribution in [0.25, 0.3) is 11.0 Å². The first-order valence-electron chi connectivity index (χ1n) is 12.1. The van der Waals surface area contributed by atoms with Crippen LogP contribution >= 0.6 is 0 Å². The molecule has 1 amide bonds. The summed E-state index contributed by atoms with van der Waals surface area (Å²) in [4.78, 5) is 40.8. The topological polar surface area (TPSA) is 92.0 Å². The lowest BCUT2D eigenvalue weighted by molar-refractivity contribution is -0.132. The molecule has 0 bridgehead atoms. The van der Waals surface area contributed by atoms with E-state index in [4.69, 9.17) is 14.2 Å². The van der Waals surface area contributed by atoms with E-state index in [1.807, 2.05) is 30.0 Å². The van der Waals surface area contributed by atoms with E-state index in [-0.39, 0.29) is 30.8 Å². The van der Waals surface area contributed by atoms with Crippen LogP contribution in [0.4, 0.5) is 0 Å². The SMILES string of the molecule is CCOC(=O)c1ccc2c(c1)n(CC(=O)N1CCC[C@@H]1c1ccc3c(c1)OCCO3)c(=O)n2CC. The molecule has 184 valence electrons. The van der Waals surface area contributed by atoms with Gasteiger partial charge in [0.05, 0.1) is 29.2 Å². The van der Waals surface area contributed by atoms with Crippen molar-refractivity contribution in [3.8, 4) is 11.5 Å². The summed E-state index contributed by atoms with van der Waals surface area (Å²) in [5.41, 5.74) is 2.30. The monoisotopic (exact) mass is 479 g/mol. The minimum atomic E-state index is -0.456. The predicted molar refractivity (Wildman–Crippen MR) is 129 cm³/mol. The van der Waals surface area contributed by atoms with Gasteiger partial charge >= 0.3 is 11.7 Å². The Balaban J connectivity index is 1.45. The molecule has 0 spiro atoms. The molecule has 9 nitrogen and oxygen atoms in total. The maximum Gasteiger partial charge on any atom is 0.338 e. The molecule has 1 aromatic heterocycles. The zero-order chi connectivity index (χ0) is 24.5. The van der Waals surface area contributed by atoms with Crippen LogP contribution < -0.4 is 15.2 Å². The second-order valence-corrected chi connectivity index (χ2v) is 8.69. The lowest BCUT2D eigenvalue weighted by Crippen LogP contribution is -2.36. The van der Waals surface area contributed by atoms with Crippen molar-refractivity contribution in [2.45, 2.75) is 45.8 Å². The maximum absolute atomic E-state index is 13.5. The van der Waals surface area contributed by atoms with Gasteiger partial charge in [0.25, 0.3) is 0 Å². The first kappa shape index (κ1) is 23.0. The molecular formula is C26H29N3O6. The van der Waals surface area contributed by atoms with Gasteiger partial charge in [-0.2, -0.15) is 0 Å². The zero-order valence-electron chi connectivity index (χ0n) is 20.0. The van der Waals surface area contributed by atoms with Crippen molar-refractivity contribution in [3.63, 3.8) is 0 Å². The first-order chi connectivity index (χ1) is 17.0. The van der Waals surface area contributed by atoms with Crippen LogP contribution in [0.2, 0.25) is 0 Å². The van der Waals surface area contributed by atoms with Crippen molar-refractivity contribution >= 4 is 22.9 Å². The average Bonchev–Trinajstić information content (AvgIpc) is 3.47. The summed E-state index contributed by atoms with van der Waals surface area (Å²) >= 11 is 0. The number of aryl methyl sites for hydroxylation is 1. The Morgan fingerprint density at radius 2 is 1.80 bits per heavy atom. The number of fused-ring (bicyclic) bond motifs is 2. The zero-order valence-corrected chi connectivity index (χ0v) is 20.0. The number of esters is 1. The molecule has 1 fully saturated rings. The van der Waals surface area contributed by atoms with Crippen molar-refractivity contribution in [2.24, 2.45) is 0 Å². The number of ether oxygens (including phenoxy) is 3. The molecule has 2 aliphatic heterocycles. The fourth-order valence-electron chi connectivity index (χ4n) is 5.02. The van der Waals surface area contributed by atoms with E-state index in [1.165, 1.54) is 4.57 Å². The Morgan fingerprint density at radius 1 is 1.00 bits per heavy atom. The summed E-state index contributed by atoms with van der Waals surface area (Å²) in [6.07, 6.45) is 1.72. The molecule has 0 unspecified atom stereocenters. The molecular weight excluding hydrogens is 450 g/mol. The van der Waals surface area contributed by atoms with Gasteiger partial charge in [-0.3, -0.25) is 13.9 Å². The van der Waals surface area contributed by atoms with Crippen LogP contribution in [-0.4, -0.2) is 52.3 Å². The fourth-order valence-corrected chi connectivity index (χ4v) is 5.02. The Bertz CT molecular complexity index is 1340. The quantitative estimate of drug-likeness (QED) is 0.505. The van der Waals surface area contributed by atoms with Crippen molar-refractivity contribution in [1.82, 2.24) is 14.0 Å². The molecule has 0 aliphatic carbocycles. The fraction of sp³-hybridized carbons (Fsp3) is 0.423. The van der Waals surface area contributed by atoms with Gasteiger partial charge in [-0.05, 0) is 62.6 Å². The molecule has 1 atom stereocenters. The van der Waals surface area contributed by atoms with E-state index in [2.05, 4.69) is 0 Å². The summed E-state index contributed by atoms with van der Waals surface area (Å²) < 4.78 is 19.5. The summed E-state index contributed by atoms with van der Waals surface area (Å²) in [6.45, 7) is 5.88. The molecule has 3 aromatic rings. The van der Waals surface area contributed by atoms with Crippen molar-refractivity contribution < 1.29 is 23.8 Å². The number of aromatic nitrogens is 2. The Morgan fingerprint density at radius 3 is 2.57 bits per heavy atom. The van der Waals surface area contributed by atoms with E-state index in [1.54, 1.807) is 29.7 Å². The van der Waals surface area contributed by atoms with Crippen molar-refractivity contribution in [3.05, 3.63) is 58.0 Å². The first-order valence-corrected chi connectivity index (χ1v) is 12.1. The third kappa shape index (κ3) is 4.15. The lowest BCUT2D eigenvalue weighted by Gasteiger charge is -2.27. The molecule has 0 radical (unpaired) electrons. The number of likely N-dealkylation sites (tertiary alicyclic amines) is 1. The van der Waals surface area contributed by atoms with E-state index >= 15 is 0 Å². The molecule has 3 heterocycles. The number of carbonyl (C=O) groups is 2. The number of benzene rings is 2. The van der Waals surface area contributed by atoms with E-state index in [9.17, 15) is 14.4 Å². The summed E-state index contributed by atoms with van der Waals surface area (Å²) in [7, 11) is 0. The molecule has 2 aromatic carbocycles. The minimum absolute atomic E-state index is 0.0938. The molecule has 0 saturated carbocycles. The van der Waals surface area contributed by atoms with Gasteiger partial charge in [-0.25, -0.2) is 9.59 Å². The number of imidazole rings is 1. The van der Waals surface area contributed by atoms with E-state index < -0.39 is 5.97 Å². The summed E-state index contributed by atoms with van der Waals surface area (Å²) in [5.74, 6) is 0.817. The van der Waals surface area contributed by atoms with Crippen LogP contribution in [0.1, 0.15) is 48.7 Å². The standard InChI is InChI=1S/C26H29N3O6/c1-3-27-20-9-7-18(25(31)33-4-2)14-21(20)29(26(27)32)16-24(30)28-11-5-6-19(28)17-8-10-22-23(15-17)35-13-12-34-22/h7-10,14-15,19H,3-6,11-13,16H2,1-2H3/t19-/m1/s1. The number of amides is 1. The van der Waals surface area contributed by atoms with Gasteiger partial charge < -0.3 is 19.1 Å². The van der Waals surface area contributed by atoms with Gasteiger partial charge in [0.15, 0.2) is 11.5 Å². The minimum Gasteiger partial charge on any atom is -0.486 e. The molecule has 0 N–H and O–H groups in total. The number of nitrogens with zero attached hydrogens (tertiary/aromatic N) is 3. The van der Waals surface area contributed by atoms with Gasteiger partial charge in [-0.1, -0.05) is 6.07 Å². The third-order valence-electron chi connectivity index (χ3n) is 6.66. The highest BCUT2D eigenvalue weighted by molar-refractivity contribution is 5.94. The maximum atomic E-state index is 13.5. The number of rotatable bonds is 6. The number of carbonyl (C=O) groups excluding carboxylic acids is 2. The molecule has 2 aliphatic rings. The average molecular weight is 480 g/mol. The Hall–Kier alpha value is -3.75. The van der Waals surface area contributed by atoms with Crippen LogP contribution in [0.15, 0.2) is 41.2 Å². The second kappa shape index (κ2) is 9.48. The van der Waals surface area contributed by atoms with E-state index in [0.717, 1.165) is 18.4 Å². The molecule has 9 heteroatoms. The predicted octanol–water partition coefficient (Wildman–Crippen LogP) is 3.13. The van der Waals surface area contributed by atoms with Crippen LogP contribution in [0, 0.1) is 0 Å².